The van der Waals surface area contributed by atoms with E-state index in [1.807, 2.05) is 85.1 Å². The molecule has 38 heavy (non-hydrogen) atoms. The Balaban J connectivity index is 1.38. The SMILES string of the molecule is CC(C)Cc1ccc(-c2cccc(Oc3ccc4c5cc(C#N)ccc5n(-c5ccccn5)c4c3)c2)nc1. The molecule has 0 bridgehead atoms. The first-order valence-corrected chi connectivity index (χ1v) is 12.7. The van der Waals surface area contributed by atoms with Gasteiger partial charge in [-0.1, -0.05) is 38.1 Å². The highest BCUT2D eigenvalue weighted by Crippen LogP contribution is 2.36. The van der Waals surface area contributed by atoms with Crippen LogP contribution in [-0.2, 0) is 6.42 Å². The maximum Gasteiger partial charge on any atom is 0.137 e. The molecule has 3 heterocycles. The van der Waals surface area contributed by atoms with Crippen LogP contribution < -0.4 is 4.74 Å². The summed E-state index contributed by atoms with van der Waals surface area (Å²) in [5, 5.41) is 11.5. The summed E-state index contributed by atoms with van der Waals surface area (Å²) in [6.07, 6.45) is 4.77. The summed E-state index contributed by atoms with van der Waals surface area (Å²) in [5.41, 5.74) is 5.75. The first kappa shape index (κ1) is 23.4. The quantitative estimate of drug-likeness (QED) is 0.235. The first-order valence-electron chi connectivity index (χ1n) is 12.7. The third-order valence-corrected chi connectivity index (χ3v) is 6.58. The molecule has 0 spiro atoms. The van der Waals surface area contributed by atoms with Gasteiger partial charge in [-0.05, 0) is 78.6 Å². The molecular formula is C33H26N4O. The van der Waals surface area contributed by atoms with E-state index in [1.54, 1.807) is 6.20 Å². The lowest BCUT2D eigenvalue weighted by molar-refractivity contribution is 0.483. The minimum absolute atomic E-state index is 0.599. The van der Waals surface area contributed by atoms with E-state index in [0.717, 1.165) is 56.8 Å². The summed E-state index contributed by atoms with van der Waals surface area (Å²) in [7, 11) is 0. The monoisotopic (exact) mass is 494 g/mol. The van der Waals surface area contributed by atoms with Crippen molar-refractivity contribution in [3.63, 3.8) is 0 Å². The molecule has 0 unspecified atom stereocenters. The van der Waals surface area contributed by atoms with Gasteiger partial charge in [0.1, 0.15) is 17.3 Å². The Labute approximate surface area is 221 Å². The molecule has 0 aliphatic rings. The number of fused-ring (bicyclic) bond motifs is 3. The zero-order chi connectivity index (χ0) is 26.1. The number of hydrogen-bond acceptors (Lipinski definition) is 4. The second-order valence-electron chi connectivity index (χ2n) is 9.83. The van der Waals surface area contributed by atoms with Gasteiger partial charge >= 0.3 is 0 Å². The zero-order valence-electron chi connectivity index (χ0n) is 21.3. The van der Waals surface area contributed by atoms with Crippen LogP contribution in [-0.4, -0.2) is 14.5 Å². The van der Waals surface area contributed by atoms with E-state index in [0.29, 0.717) is 11.5 Å². The van der Waals surface area contributed by atoms with Crippen molar-refractivity contribution < 1.29 is 4.74 Å². The number of rotatable bonds is 6. The molecule has 0 aliphatic carbocycles. The van der Waals surface area contributed by atoms with Crippen molar-refractivity contribution in [2.45, 2.75) is 20.3 Å². The summed E-state index contributed by atoms with van der Waals surface area (Å²) in [5.74, 6) is 2.86. The van der Waals surface area contributed by atoms with Gasteiger partial charge in [-0.2, -0.15) is 5.26 Å². The van der Waals surface area contributed by atoms with Crippen molar-refractivity contribution in [3.05, 3.63) is 115 Å². The number of hydrogen-bond donors (Lipinski definition) is 0. The molecule has 0 aliphatic heterocycles. The summed E-state index contributed by atoms with van der Waals surface area (Å²) in [6.45, 7) is 4.43. The topological polar surface area (TPSA) is 63.7 Å². The Morgan fingerprint density at radius 3 is 2.47 bits per heavy atom. The van der Waals surface area contributed by atoms with Crippen molar-refractivity contribution >= 4 is 21.8 Å². The van der Waals surface area contributed by atoms with Gasteiger partial charge in [0, 0.05) is 34.8 Å². The number of pyridine rings is 2. The van der Waals surface area contributed by atoms with Gasteiger partial charge in [0.05, 0.1) is 28.4 Å². The van der Waals surface area contributed by atoms with E-state index < -0.39 is 0 Å². The zero-order valence-corrected chi connectivity index (χ0v) is 21.3. The van der Waals surface area contributed by atoms with E-state index in [9.17, 15) is 5.26 Å². The standard InChI is InChI=1S/C33H26N4O/c1-22(2)16-24-9-13-30(36-21-24)25-6-5-7-26(18-25)38-27-11-12-28-29-17-23(20-34)10-14-31(29)37(32(28)19-27)33-8-3-4-15-35-33/h3-15,17-19,21-22H,16H2,1-2H3. The van der Waals surface area contributed by atoms with Crippen LogP contribution in [0, 0.1) is 17.2 Å². The molecule has 0 radical (unpaired) electrons. The molecule has 5 nitrogen and oxygen atoms in total. The van der Waals surface area contributed by atoms with Crippen LogP contribution in [0.5, 0.6) is 11.5 Å². The lowest BCUT2D eigenvalue weighted by Gasteiger charge is -2.10. The van der Waals surface area contributed by atoms with Gasteiger partial charge in [0.25, 0.3) is 0 Å². The summed E-state index contributed by atoms with van der Waals surface area (Å²) in [6, 6.07) is 32.1. The minimum atomic E-state index is 0.599. The number of ether oxygens (including phenoxy) is 1. The summed E-state index contributed by atoms with van der Waals surface area (Å²) in [4.78, 5) is 9.28. The maximum absolute atomic E-state index is 9.46. The molecule has 3 aromatic carbocycles. The molecular weight excluding hydrogens is 468 g/mol. The van der Waals surface area contributed by atoms with Crippen LogP contribution in [0.4, 0.5) is 0 Å². The summed E-state index contributed by atoms with van der Waals surface area (Å²) >= 11 is 0. The van der Waals surface area contributed by atoms with Gasteiger partial charge in [-0.25, -0.2) is 4.98 Å². The van der Waals surface area contributed by atoms with E-state index in [2.05, 4.69) is 46.6 Å². The fraction of sp³-hybridized carbons (Fsp3) is 0.121. The lowest BCUT2D eigenvalue weighted by Crippen LogP contribution is -1.96. The number of aromatic nitrogens is 3. The van der Waals surface area contributed by atoms with Crippen molar-refractivity contribution in [2.24, 2.45) is 5.92 Å². The molecule has 0 fully saturated rings. The minimum Gasteiger partial charge on any atom is -0.457 e. The van der Waals surface area contributed by atoms with Crippen LogP contribution >= 0.6 is 0 Å². The van der Waals surface area contributed by atoms with Crippen molar-refractivity contribution in [1.82, 2.24) is 14.5 Å². The second-order valence-corrected chi connectivity index (χ2v) is 9.83. The van der Waals surface area contributed by atoms with E-state index in [1.165, 1.54) is 5.56 Å². The molecule has 184 valence electrons. The van der Waals surface area contributed by atoms with Crippen molar-refractivity contribution in [3.8, 4) is 34.6 Å². The van der Waals surface area contributed by atoms with Gasteiger partial charge in [0.2, 0.25) is 0 Å². The molecule has 5 heteroatoms. The Morgan fingerprint density at radius 1 is 0.816 bits per heavy atom. The molecule has 0 N–H and O–H groups in total. The van der Waals surface area contributed by atoms with E-state index >= 15 is 0 Å². The van der Waals surface area contributed by atoms with Crippen LogP contribution in [0.2, 0.25) is 0 Å². The predicted molar refractivity (Wildman–Crippen MR) is 152 cm³/mol. The Kier molecular flexibility index (Phi) is 6.07. The van der Waals surface area contributed by atoms with Gasteiger partial charge in [0.15, 0.2) is 0 Å². The lowest BCUT2D eigenvalue weighted by atomic mass is 10.0. The molecule has 6 rings (SSSR count). The fourth-order valence-corrected chi connectivity index (χ4v) is 4.91. The van der Waals surface area contributed by atoms with Crippen molar-refractivity contribution in [2.75, 3.05) is 0 Å². The van der Waals surface area contributed by atoms with Gasteiger partial charge in [-0.15, -0.1) is 0 Å². The van der Waals surface area contributed by atoms with Crippen molar-refractivity contribution in [1.29, 1.82) is 5.26 Å². The highest BCUT2D eigenvalue weighted by molar-refractivity contribution is 6.09. The smallest absolute Gasteiger partial charge is 0.137 e. The summed E-state index contributed by atoms with van der Waals surface area (Å²) < 4.78 is 8.45. The average Bonchev–Trinajstić information content (AvgIpc) is 3.26. The number of benzene rings is 3. The van der Waals surface area contributed by atoms with Crippen LogP contribution in [0.25, 0.3) is 38.9 Å². The van der Waals surface area contributed by atoms with Crippen LogP contribution in [0.1, 0.15) is 25.0 Å². The molecule has 0 saturated carbocycles. The first-order chi connectivity index (χ1) is 18.6. The average molecular weight is 495 g/mol. The molecule has 6 aromatic rings. The van der Waals surface area contributed by atoms with Gasteiger partial charge < -0.3 is 4.74 Å². The highest BCUT2D eigenvalue weighted by Gasteiger charge is 2.15. The van der Waals surface area contributed by atoms with E-state index in [4.69, 9.17) is 4.74 Å². The molecule has 3 aromatic heterocycles. The van der Waals surface area contributed by atoms with Crippen LogP contribution in [0.3, 0.4) is 0 Å². The normalized spacial score (nSPS) is 11.2. The maximum atomic E-state index is 9.46. The Bertz CT molecular complexity index is 1800. The fourth-order valence-electron chi connectivity index (χ4n) is 4.91. The predicted octanol–water partition coefficient (Wildman–Crippen LogP) is 8.10. The van der Waals surface area contributed by atoms with Crippen LogP contribution in [0.15, 0.2) is 103 Å². The molecule has 0 saturated heterocycles. The highest BCUT2D eigenvalue weighted by atomic mass is 16.5. The van der Waals surface area contributed by atoms with Gasteiger partial charge in [-0.3, -0.25) is 9.55 Å². The van der Waals surface area contributed by atoms with E-state index in [-0.39, 0.29) is 0 Å². The largest absolute Gasteiger partial charge is 0.457 e. The number of nitrogens with zero attached hydrogens (tertiary/aromatic N) is 4. The third-order valence-electron chi connectivity index (χ3n) is 6.58. The number of nitriles is 1. The molecule has 0 atom stereocenters. The second kappa shape index (κ2) is 9.84. The Hall–Kier alpha value is -4.95. The third kappa shape index (κ3) is 4.49. The molecule has 0 amide bonds. The Morgan fingerprint density at radius 2 is 1.71 bits per heavy atom.